The highest BCUT2D eigenvalue weighted by atomic mass is 35.5. The van der Waals surface area contributed by atoms with Crippen LogP contribution in [0.3, 0.4) is 0 Å². The Morgan fingerprint density at radius 3 is 2.58 bits per heavy atom. The van der Waals surface area contributed by atoms with Gasteiger partial charge >= 0.3 is 0 Å². The molecule has 0 bridgehead atoms. The molecular weight excluding hydrogens is 264 g/mol. The molecule has 2 aromatic heterocycles. The summed E-state index contributed by atoms with van der Waals surface area (Å²) in [4.78, 5) is 20.8. The first-order chi connectivity index (χ1) is 9.20. The number of benzene rings is 1. The molecule has 0 saturated carbocycles. The molecule has 0 saturated heterocycles. The van der Waals surface area contributed by atoms with Gasteiger partial charge in [0, 0.05) is 11.6 Å². The number of nitrogens with zero attached hydrogens (tertiary/aromatic N) is 4. The molecule has 0 unspecified atom stereocenters. The van der Waals surface area contributed by atoms with Crippen molar-refractivity contribution in [3.8, 4) is 5.69 Å². The average molecular weight is 275 g/mol. The van der Waals surface area contributed by atoms with Crippen LogP contribution in [0.5, 0.6) is 0 Å². The Labute approximate surface area is 114 Å². The molecular formula is C13H11ClN4O. The Hall–Kier alpha value is -2.14. The number of hydrogen-bond acceptors (Lipinski definition) is 3. The summed E-state index contributed by atoms with van der Waals surface area (Å²) in [5.41, 5.74) is 1.52. The summed E-state index contributed by atoms with van der Waals surface area (Å²) < 4.78 is 3.30. The molecule has 2 heterocycles. The third kappa shape index (κ3) is 1.92. The molecule has 0 aliphatic rings. The molecule has 19 heavy (non-hydrogen) atoms. The quantitative estimate of drug-likeness (QED) is 0.720. The lowest BCUT2D eigenvalue weighted by molar-refractivity contribution is 0.775. The van der Waals surface area contributed by atoms with Gasteiger partial charge < -0.3 is 4.57 Å². The largest absolute Gasteiger partial charge is 0.315 e. The van der Waals surface area contributed by atoms with Crippen LogP contribution in [0.2, 0.25) is 5.02 Å². The summed E-state index contributed by atoms with van der Waals surface area (Å²) in [6.45, 7) is 2.71. The van der Waals surface area contributed by atoms with Crippen molar-refractivity contribution in [3.63, 3.8) is 0 Å². The van der Waals surface area contributed by atoms with Crippen LogP contribution < -0.4 is 5.56 Å². The molecule has 0 N–H and O–H groups in total. The van der Waals surface area contributed by atoms with Crippen molar-refractivity contribution in [2.75, 3.05) is 0 Å². The number of halogens is 1. The molecule has 0 atom stereocenters. The van der Waals surface area contributed by atoms with Gasteiger partial charge in [0.25, 0.3) is 5.56 Å². The molecule has 0 fully saturated rings. The van der Waals surface area contributed by atoms with Crippen LogP contribution in [0.15, 0.2) is 41.7 Å². The van der Waals surface area contributed by atoms with Crippen molar-refractivity contribution < 1.29 is 0 Å². The summed E-state index contributed by atoms with van der Waals surface area (Å²) in [6.07, 6.45) is 3.15. The maximum atomic E-state index is 12.4. The van der Waals surface area contributed by atoms with E-state index in [0.29, 0.717) is 16.2 Å². The summed E-state index contributed by atoms with van der Waals surface area (Å²) in [6, 6.07) is 7.01. The Bertz CT molecular complexity index is 789. The fourth-order valence-electron chi connectivity index (χ4n) is 1.96. The molecule has 6 heteroatoms. The molecule has 0 aliphatic carbocycles. The smallest absolute Gasteiger partial charge is 0.286 e. The summed E-state index contributed by atoms with van der Waals surface area (Å²) in [5, 5.41) is 0.626. The predicted molar refractivity (Wildman–Crippen MR) is 73.8 cm³/mol. The van der Waals surface area contributed by atoms with E-state index in [1.165, 1.54) is 10.9 Å². The van der Waals surface area contributed by atoms with Crippen molar-refractivity contribution in [2.24, 2.45) is 0 Å². The van der Waals surface area contributed by atoms with E-state index in [4.69, 9.17) is 11.6 Å². The van der Waals surface area contributed by atoms with Gasteiger partial charge in [-0.2, -0.15) is 0 Å². The van der Waals surface area contributed by atoms with Gasteiger partial charge in [-0.1, -0.05) is 11.6 Å². The fourth-order valence-corrected chi connectivity index (χ4v) is 2.08. The van der Waals surface area contributed by atoms with Gasteiger partial charge in [-0.05, 0) is 31.2 Å². The standard InChI is InChI=1S/C13H11ClN4O/c1-2-17-7-15-11-12(17)16-8-18(13(11)19)10-5-3-9(14)4-6-10/h3-8H,2H2,1H3. The lowest BCUT2D eigenvalue weighted by atomic mass is 10.3. The van der Waals surface area contributed by atoms with Gasteiger partial charge in [0.15, 0.2) is 11.2 Å². The van der Waals surface area contributed by atoms with E-state index in [1.807, 2.05) is 11.5 Å². The van der Waals surface area contributed by atoms with Gasteiger partial charge in [0.1, 0.15) is 6.33 Å². The van der Waals surface area contributed by atoms with Crippen LogP contribution in [0.1, 0.15) is 6.92 Å². The van der Waals surface area contributed by atoms with E-state index in [9.17, 15) is 4.79 Å². The Morgan fingerprint density at radius 2 is 1.89 bits per heavy atom. The van der Waals surface area contributed by atoms with E-state index in [2.05, 4.69) is 9.97 Å². The van der Waals surface area contributed by atoms with Crippen molar-refractivity contribution in [1.29, 1.82) is 0 Å². The Balaban J connectivity index is 2.23. The minimum absolute atomic E-state index is 0.181. The zero-order chi connectivity index (χ0) is 13.4. The first-order valence-corrected chi connectivity index (χ1v) is 6.27. The average Bonchev–Trinajstić information content (AvgIpc) is 2.84. The van der Waals surface area contributed by atoms with Crippen LogP contribution in [0.4, 0.5) is 0 Å². The molecule has 3 rings (SSSR count). The minimum Gasteiger partial charge on any atom is -0.315 e. The van der Waals surface area contributed by atoms with Crippen molar-refractivity contribution >= 4 is 22.8 Å². The first-order valence-electron chi connectivity index (χ1n) is 5.89. The topological polar surface area (TPSA) is 52.7 Å². The van der Waals surface area contributed by atoms with E-state index in [1.54, 1.807) is 30.6 Å². The van der Waals surface area contributed by atoms with Gasteiger partial charge in [-0.15, -0.1) is 0 Å². The summed E-state index contributed by atoms with van der Waals surface area (Å²) >= 11 is 5.84. The van der Waals surface area contributed by atoms with Crippen molar-refractivity contribution in [2.45, 2.75) is 13.5 Å². The predicted octanol–water partition coefficient (Wildman–Crippen LogP) is 2.26. The van der Waals surface area contributed by atoms with Crippen molar-refractivity contribution in [1.82, 2.24) is 19.1 Å². The SMILES string of the molecule is CCn1cnc2c(=O)n(-c3ccc(Cl)cc3)cnc21. The van der Waals surface area contributed by atoms with E-state index >= 15 is 0 Å². The third-order valence-electron chi connectivity index (χ3n) is 2.97. The summed E-state index contributed by atoms with van der Waals surface area (Å²) in [5.74, 6) is 0. The first kappa shape index (κ1) is 11.9. The van der Waals surface area contributed by atoms with Gasteiger partial charge in [0.05, 0.1) is 12.0 Å². The zero-order valence-electron chi connectivity index (χ0n) is 10.2. The van der Waals surface area contributed by atoms with Crippen LogP contribution in [-0.4, -0.2) is 19.1 Å². The minimum atomic E-state index is -0.181. The lowest BCUT2D eigenvalue weighted by Crippen LogP contribution is -2.19. The molecule has 0 spiro atoms. The van der Waals surface area contributed by atoms with Crippen LogP contribution >= 0.6 is 11.6 Å². The molecule has 96 valence electrons. The fraction of sp³-hybridized carbons (Fsp3) is 0.154. The zero-order valence-corrected chi connectivity index (χ0v) is 11.0. The second-order valence-corrected chi connectivity index (χ2v) is 4.54. The van der Waals surface area contributed by atoms with Crippen molar-refractivity contribution in [3.05, 3.63) is 52.3 Å². The second kappa shape index (κ2) is 4.51. The van der Waals surface area contributed by atoms with E-state index < -0.39 is 0 Å². The number of aromatic nitrogens is 4. The molecule has 0 aliphatic heterocycles. The molecule has 3 aromatic rings. The maximum Gasteiger partial charge on any atom is 0.286 e. The number of fused-ring (bicyclic) bond motifs is 1. The maximum absolute atomic E-state index is 12.4. The molecule has 0 radical (unpaired) electrons. The number of hydrogen-bond donors (Lipinski definition) is 0. The van der Waals surface area contributed by atoms with Gasteiger partial charge in [0.2, 0.25) is 0 Å². The second-order valence-electron chi connectivity index (χ2n) is 4.10. The summed E-state index contributed by atoms with van der Waals surface area (Å²) in [7, 11) is 0. The van der Waals surface area contributed by atoms with E-state index in [-0.39, 0.29) is 5.56 Å². The van der Waals surface area contributed by atoms with Crippen LogP contribution in [-0.2, 0) is 6.54 Å². The Kier molecular flexibility index (Phi) is 2.83. The highest BCUT2D eigenvalue weighted by Crippen LogP contribution is 2.13. The molecule has 1 aromatic carbocycles. The third-order valence-corrected chi connectivity index (χ3v) is 3.22. The molecule has 5 nitrogen and oxygen atoms in total. The number of rotatable bonds is 2. The van der Waals surface area contributed by atoms with Gasteiger partial charge in [-0.25, -0.2) is 9.97 Å². The van der Waals surface area contributed by atoms with Crippen LogP contribution in [0, 0.1) is 0 Å². The monoisotopic (exact) mass is 274 g/mol. The highest BCUT2D eigenvalue weighted by molar-refractivity contribution is 6.30. The number of imidazole rings is 1. The van der Waals surface area contributed by atoms with Gasteiger partial charge in [-0.3, -0.25) is 9.36 Å². The highest BCUT2D eigenvalue weighted by Gasteiger charge is 2.10. The number of aryl methyl sites for hydroxylation is 1. The van der Waals surface area contributed by atoms with Crippen LogP contribution in [0.25, 0.3) is 16.9 Å². The molecule has 0 amide bonds. The van der Waals surface area contributed by atoms with E-state index in [0.717, 1.165) is 12.2 Å². The Morgan fingerprint density at radius 1 is 1.16 bits per heavy atom. The lowest BCUT2D eigenvalue weighted by Gasteiger charge is -2.05. The normalized spacial score (nSPS) is 11.1.